The molecular formula is C13H8ClF2NO3. The molecule has 0 spiro atoms. The second-order valence-electron chi connectivity index (χ2n) is 3.84. The molecule has 0 atom stereocenters. The van der Waals surface area contributed by atoms with E-state index in [-0.39, 0.29) is 17.4 Å². The highest BCUT2D eigenvalue weighted by Crippen LogP contribution is 2.32. The van der Waals surface area contributed by atoms with Crippen LogP contribution in [0.2, 0.25) is 0 Å². The maximum atomic E-state index is 13.7. The van der Waals surface area contributed by atoms with Crippen LogP contribution in [0, 0.1) is 21.7 Å². The topological polar surface area (TPSA) is 52.4 Å². The van der Waals surface area contributed by atoms with Gasteiger partial charge in [0.25, 0.3) is 5.69 Å². The van der Waals surface area contributed by atoms with Gasteiger partial charge in [-0.3, -0.25) is 10.1 Å². The quantitative estimate of drug-likeness (QED) is 0.477. The molecule has 0 aromatic heterocycles. The summed E-state index contributed by atoms with van der Waals surface area (Å²) in [5, 5.41) is 10.5. The molecule has 20 heavy (non-hydrogen) atoms. The van der Waals surface area contributed by atoms with Gasteiger partial charge in [-0.25, -0.2) is 8.78 Å². The molecule has 0 aliphatic carbocycles. The first-order chi connectivity index (χ1) is 9.52. The third kappa shape index (κ3) is 2.85. The van der Waals surface area contributed by atoms with Crippen molar-refractivity contribution in [3.05, 3.63) is 63.7 Å². The Labute approximate surface area is 117 Å². The molecule has 4 nitrogen and oxygen atoms in total. The van der Waals surface area contributed by atoms with E-state index in [9.17, 15) is 18.9 Å². The lowest BCUT2D eigenvalue weighted by Crippen LogP contribution is -1.96. The minimum Gasteiger partial charge on any atom is -0.451 e. The second kappa shape index (κ2) is 5.83. The molecule has 2 aromatic rings. The number of nitro groups is 1. The normalized spacial score (nSPS) is 10.3. The number of hydrogen-bond donors (Lipinski definition) is 0. The molecule has 0 radical (unpaired) electrons. The Morgan fingerprint density at radius 1 is 1.20 bits per heavy atom. The van der Waals surface area contributed by atoms with Crippen LogP contribution < -0.4 is 4.74 Å². The van der Waals surface area contributed by atoms with Gasteiger partial charge in [0.05, 0.1) is 16.9 Å². The number of benzene rings is 2. The number of halogens is 3. The van der Waals surface area contributed by atoms with Crippen LogP contribution in [0.5, 0.6) is 11.5 Å². The number of ether oxygens (including phenoxy) is 1. The van der Waals surface area contributed by atoms with E-state index in [0.717, 1.165) is 18.2 Å². The summed E-state index contributed by atoms with van der Waals surface area (Å²) in [6.07, 6.45) is 0. The highest BCUT2D eigenvalue weighted by molar-refractivity contribution is 6.17. The zero-order valence-corrected chi connectivity index (χ0v) is 10.7. The predicted octanol–water partition coefficient (Wildman–Crippen LogP) is 4.40. The monoisotopic (exact) mass is 299 g/mol. The summed E-state index contributed by atoms with van der Waals surface area (Å²) in [4.78, 5) is 9.76. The molecule has 7 heteroatoms. The molecule has 0 aliphatic heterocycles. The molecule has 0 aliphatic rings. The van der Waals surface area contributed by atoms with E-state index in [1.807, 2.05) is 0 Å². The Morgan fingerprint density at radius 3 is 2.55 bits per heavy atom. The van der Waals surface area contributed by atoms with Gasteiger partial charge in [-0.1, -0.05) is 12.1 Å². The molecule has 0 N–H and O–H groups in total. The van der Waals surface area contributed by atoms with Gasteiger partial charge in [0.2, 0.25) is 0 Å². The molecule has 0 bridgehead atoms. The van der Waals surface area contributed by atoms with Crippen molar-refractivity contribution >= 4 is 17.3 Å². The van der Waals surface area contributed by atoms with Gasteiger partial charge in [0.15, 0.2) is 23.1 Å². The minimum absolute atomic E-state index is 0.0122. The van der Waals surface area contributed by atoms with Crippen molar-refractivity contribution in [1.29, 1.82) is 0 Å². The summed E-state index contributed by atoms with van der Waals surface area (Å²) >= 11 is 5.65. The van der Waals surface area contributed by atoms with Crippen molar-refractivity contribution in [1.82, 2.24) is 0 Å². The molecule has 0 amide bonds. The van der Waals surface area contributed by atoms with Crippen molar-refractivity contribution < 1.29 is 18.4 Å². The molecule has 104 valence electrons. The number of nitrogens with zero attached hydrogens (tertiary/aromatic N) is 1. The lowest BCUT2D eigenvalue weighted by atomic mass is 10.2. The van der Waals surface area contributed by atoms with Crippen LogP contribution in [0.25, 0.3) is 0 Å². The number of hydrogen-bond acceptors (Lipinski definition) is 3. The smallest absolute Gasteiger partial charge is 0.272 e. The van der Waals surface area contributed by atoms with Crippen LogP contribution in [0.1, 0.15) is 5.56 Å². The molecule has 0 saturated heterocycles. The van der Waals surface area contributed by atoms with Crippen molar-refractivity contribution in [2.45, 2.75) is 5.88 Å². The average Bonchev–Trinajstić information content (AvgIpc) is 2.42. The molecule has 2 rings (SSSR count). The fraction of sp³-hybridized carbons (Fsp3) is 0.0769. The number of rotatable bonds is 4. The highest BCUT2D eigenvalue weighted by Gasteiger charge is 2.15. The van der Waals surface area contributed by atoms with Crippen LogP contribution in [-0.2, 0) is 5.88 Å². The first-order valence-corrected chi connectivity index (χ1v) is 6.01. The summed E-state index contributed by atoms with van der Waals surface area (Å²) in [6, 6.07) is 6.98. The SMILES string of the molecule is O=[N+]([O-])c1ccc(Oc2c(F)cccc2CCl)c(F)c1. The summed E-state index contributed by atoms with van der Waals surface area (Å²) in [5.41, 5.74) is -0.0645. The first kappa shape index (κ1) is 14.2. The number of nitro benzene ring substituents is 1. The van der Waals surface area contributed by atoms with Crippen LogP contribution in [0.15, 0.2) is 36.4 Å². The van der Waals surface area contributed by atoms with Crippen LogP contribution in [-0.4, -0.2) is 4.92 Å². The van der Waals surface area contributed by atoms with Gasteiger partial charge in [-0.05, 0) is 12.1 Å². The zero-order chi connectivity index (χ0) is 14.7. The van der Waals surface area contributed by atoms with Crippen molar-refractivity contribution in [2.75, 3.05) is 0 Å². The summed E-state index contributed by atoms with van der Waals surface area (Å²) in [5.74, 6) is -2.17. The zero-order valence-electron chi connectivity index (χ0n) is 9.98. The predicted molar refractivity (Wildman–Crippen MR) is 69.1 cm³/mol. The molecule has 0 fully saturated rings. The average molecular weight is 300 g/mol. The Kier molecular flexibility index (Phi) is 4.14. The third-order valence-electron chi connectivity index (χ3n) is 2.53. The molecule has 0 heterocycles. The number of non-ortho nitro benzene ring substituents is 1. The summed E-state index contributed by atoms with van der Waals surface area (Å²) in [6.45, 7) is 0. The van der Waals surface area contributed by atoms with Crippen molar-refractivity contribution in [3.8, 4) is 11.5 Å². The fourth-order valence-electron chi connectivity index (χ4n) is 1.57. The van der Waals surface area contributed by atoms with E-state index in [1.54, 1.807) is 0 Å². The van der Waals surface area contributed by atoms with Gasteiger partial charge in [-0.15, -0.1) is 11.6 Å². The summed E-state index contributed by atoms with van der Waals surface area (Å²) in [7, 11) is 0. The maximum Gasteiger partial charge on any atom is 0.272 e. The fourth-order valence-corrected chi connectivity index (χ4v) is 1.78. The van der Waals surface area contributed by atoms with Gasteiger partial charge in [-0.2, -0.15) is 0 Å². The van der Waals surface area contributed by atoms with E-state index in [4.69, 9.17) is 16.3 Å². The largest absolute Gasteiger partial charge is 0.451 e. The van der Waals surface area contributed by atoms with Gasteiger partial charge in [0, 0.05) is 11.6 Å². The molecule has 2 aromatic carbocycles. The summed E-state index contributed by atoms with van der Waals surface area (Å²) < 4.78 is 32.5. The molecule has 0 saturated carbocycles. The maximum absolute atomic E-state index is 13.7. The first-order valence-electron chi connectivity index (χ1n) is 5.48. The van der Waals surface area contributed by atoms with Crippen molar-refractivity contribution in [3.63, 3.8) is 0 Å². The standard InChI is InChI=1S/C13H8ClF2NO3/c14-7-8-2-1-3-10(15)13(8)20-12-5-4-9(17(18)19)6-11(12)16/h1-6H,7H2. The van der Waals surface area contributed by atoms with Crippen LogP contribution in [0.4, 0.5) is 14.5 Å². The van der Waals surface area contributed by atoms with Crippen LogP contribution in [0.3, 0.4) is 0 Å². The Bertz CT molecular complexity index is 664. The molecule has 0 unspecified atom stereocenters. The van der Waals surface area contributed by atoms with Gasteiger partial charge in [0.1, 0.15) is 0 Å². The van der Waals surface area contributed by atoms with Gasteiger partial charge < -0.3 is 4.74 Å². The van der Waals surface area contributed by atoms with E-state index < -0.39 is 22.2 Å². The lowest BCUT2D eigenvalue weighted by molar-refractivity contribution is -0.385. The van der Waals surface area contributed by atoms with E-state index >= 15 is 0 Å². The number of para-hydroxylation sites is 1. The van der Waals surface area contributed by atoms with E-state index in [0.29, 0.717) is 11.6 Å². The Hall–Kier alpha value is -2.21. The Morgan fingerprint density at radius 2 is 1.95 bits per heavy atom. The lowest BCUT2D eigenvalue weighted by Gasteiger charge is -2.10. The Balaban J connectivity index is 2.38. The van der Waals surface area contributed by atoms with E-state index in [2.05, 4.69) is 0 Å². The van der Waals surface area contributed by atoms with Crippen molar-refractivity contribution in [2.24, 2.45) is 0 Å². The van der Waals surface area contributed by atoms with E-state index in [1.165, 1.54) is 12.1 Å². The van der Waals surface area contributed by atoms with Gasteiger partial charge >= 0.3 is 0 Å². The highest BCUT2D eigenvalue weighted by atomic mass is 35.5. The minimum atomic E-state index is -0.956. The second-order valence-corrected chi connectivity index (χ2v) is 4.10. The molecular weight excluding hydrogens is 292 g/mol. The number of alkyl halides is 1. The van der Waals surface area contributed by atoms with Crippen LogP contribution >= 0.6 is 11.6 Å². The third-order valence-corrected chi connectivity index (χ3v) is 2.82.